The van der Waals surface area contributed by atoms with Gasteiger partial charge in [-0.15, -0.1) is 5.10 Å². The van der Waals surface area contributed by atoms with Crippen LogP contribution in [0.3, 0.4) is 0 Å². The maximum Gasteiger partial charge on any atom is 0.0770 e. The molecule has 1 heterocycles. The highest BCUT2D eigenvalue weighted by Crippen LogP contribution is 2.17. The van der Waals surface area contributed by atoms with E-state index < -0.39 is 0 Å². The third kappa shape index (κ3) is 3.62. The molecule has 0 aliphatic carbocycles. The van der Waals surface area contributed by atoms with Gasteiger partial charge in [-0.3, -0.25) is 11.3 Å². The Kier molecular flexibility index (Phi) is 5.06. The van der Waals surface area contributed by atoms with Crippen LogP contribution in [-0.4, -0.2) is 15.0 Å². The second-order valence-corrected chi connectivity index (χ2v) is 4.63. The van der Waals surface area contributed by atoms with Crippen LogP contribution in [0.1, 0.15) is 37.1 Å². The normalized spacial score (nSPS) is 12.5. The van der Waals surface area contributed by atoms with E-state index in [0.717, 1.165) is 31.5 Å². The Morgan fingerprint density at radius 2 is 2.11 bits per heavy atom. The maximum absolute atomic E-state index is 5.67. The van der Waals surface area contributed by atoms with Crippen molar-refractivity contribution in [2.45, 2.75) is 38.8 Å². The van der Waals surface area contributed by atoms with Crippen molar-refractivity contribution in [3.8, 4) is 0 Å². The highest BCUT2D eigenvalue weighted by molar-refractivity contribution is 5.15. The maximum atomic E-state index is 5.67. The Morgan fingerprint density at radius 1 is 1.32 bits per heavy atom. The van der Waals surface area contributed by atoms with Gasteiger partial charge in [-0.2, -0.15) is 0 Å². The molecule has 1 atom stereocenters. The monoisotopic (exact) mass is 259 g/mol. The minimum atomic E-state index is 0.0850. The van der Waals surface area contributed by atoms with Crippen molar-refractivity contribution in [3.05, 3.63) is 47.8 Å². The molecule has 0 aliphatic heterocycles. The van der Waals surface area contributed by atoms with Crippen LogP contribution in [0.15, 0.2) is 36.5 Å². The van der Waals surface area contributed by atoms with E-state index in [2.05, 4.69) is 46.9 Å². The zero-order chi connectivity index (χ0) is 13.5. The molecule has 1 unspecified atom stereocenters. The van der Waals surface area contributed by atoms with Crippen LogP contribution < -0.4 is 11.3 Å². The van der Waals surface area contributed by atoms with Crippen molar-refractivity contribution in [2.24, 2.45) is 5.84 Å². The number of aryl methyl sites for hydroxylation is 2. The summed E-state index contributed by atoms with van der Waals surface area (Å²) in [5.41, 5.74) is 5.25. The molecule has 0 saturated heterocycles. The van der Waals surface area contributed by atoms with Gasteiger partial charge in [-0.1, -0.05) is 42.5 Å². The van der Waals surface area contributed by atoms with Crippen molar-refractivity contribution in [3.63, 3.8) is 0 Å². The molecule has 0 spiro atoms. The van der Waals surface area contributed by atoms with Crippen LogP contribution in [-0.2, 0) is 13.0 Å². The van der Waals surface area contributed by atoms with Gasteiger partial charge in [0.05, 0.1) is 17.9 Å². The van der Waals surface area contributed by atoms with E-state index in [4.69, 9.17) is 5.84 Å². The zero-order valence-corrected chi connectivity index (χ0v) is 11.3. The van der Waals surface area contributed by atoms with Crippen LogP contribution in [0.2, 0.25) is 0 Å². The lowest BCUT2D eigenvalue weighted by atomic mass is 10.0. The Balaban J connectivity index is 2.01. The first-order valence-corrected chi connectivity index (χ1v) is 6.73. The first kappa shape index (κ1) is 13.7. The molecule has 5 heteroatoms. The number of aromatic nitrogens is 3. The number of hydrogen-bond acceptors (Lipinski definition) is 4. The van der Waals surface area contributed by atoms with E-state index in [9.17, 15) is 0 Å². The Bertz CT molecular complexity index is 480. The summed E-state index contributed by atoms with van der Waals surface area (Å²) in [5.74, 6) is 5.67. The molecule has 2 rings (SSSR count). The summed E-state index contributed by atoms with van der Waals surface area (Å²) in [6, 6.07) is 10.5. The second-order valence-electron chi connectivity index (χ2n) is 4.63. The van der Waals surface area contributed by atoms with E-state index in [1.807, 2.05) is 10.7 Å². The molecule has 0 saturated carbocycles. The average Bonchev–Trinajstić information content (AvgIpc) is 2.90. The zero-order valence-electron chi connectivity index (χ0n) is 11.3. The fourth-order valence-electron chi connectivity index (χ4n) is 2.19. The quantitative estimate of drug-likeness (QED) is 0.588. The molecule has 0 radical (unpaired) electrons. The van der Waals surface area contributed by atoms with Crippen LogP contribution in [0, 0.1) is 0 Å². The summed E-state index contributed by atoms with van der Waals surface area (Å²) in [4.78, 5) is 0. The second kappa shape index (κ2) is 7.01. The summed E-state index contributed by atoms with van der Waals surface area (Å²) in [5, 5.41) is 8.08. The summed E-state index contributed by atoms with van der Waals surface area (Å²) < 4.78 is 1.93. The fraction of sp³-hybridized carbons (Fsp3) is 0.429. The number of nitrogens with two attached hydrogens (primary N) is 1. The minimum Gasteiger partial charge on any atom is -0.271 e. The molecule has 0 bridgehead atoms. The summed E-state index contributed by atoms with van der Waals surface area (Å²) in [6.45, 7) is 3.00. The molecule has 2 aromatic rings. The molecule has 0 amide bonds. The SMILES string of the molecule is CCCn1nncc1C(CCc1ccccc1)NN. The van der Waals surface area contributed by atoms with Gasteiger partial charge < -0.3 is 0 Å². The lowest BCUT2D eigenvalue weighted by Gasteiger charge is -2.16. The predicted octanol–water partition coefficient (Wildman–Crippen LogP) is 1.83. The van der Waals surface area contributed by atoms with Gasteiger partial charge in [0.15, 0.2) is 0 Å². The van der Waals surface area contributed by atoms with Gasteiger partial charge in [0, 0.05) is 6.54 Å². The van der Waals surface area contributed by atoms with Crippen LogP contribution in [0.5, 0.6) is 0 Å². The smallest absolute Gasteiger partial charge is 0.0770 e. The van der Waals surface area contributed by atoms with Gasteiger partial charge in [0.25, 0.3) is 0 Å². The average molecular weight is 259 g/mol. The molecule has 5 nitrogen and oxygen atoms in total. The van der Waals surface area contributed by atoms with Gasteiger partial charge in [-0.05, 0) is 24.8 Å². The van der Waals surface area contributed by atoms with E-state index in [1.54, 1.807) is 6.20 Å². The van der Waals surface area contributed by atoms with E-state index in [-0.39, 0.29) is 6.04 Å². The number of nitrogens with zero attached hydrogens (tertiary/aromatic N) is 3. The van der Waals surface area contributed by atoms with Crippen LogP contribution in [0.25, 0.3) is 0 Å². The Morgan fingerprint density at radius 3 is 2.79 bits per heavy atom. The molecule has 1 aromatic heterocycles. The van der Waals surface area contributed by atoms with E-state index in [1.165, 1.54) is 5.56 Å². The van der Waals surface area contributed by atoms with Crippen molar-refractivity contribution in [1.82, 2.24) is 20.4 Å². The number of benzene rings is 1. The number of nitrogens with one attached hydrogen (secondary N) is 1. The molecule has 1 aromatic carbocycles. The van der Waals surface area contributed by atoms with Crippen molar-refractivity contribution < 1.29 is 0 Å². The largest absolute Gasteiger partial charge is 0.271 e. The summed E-state index contributed by atoms with van der Waals surface area (Å²) >= 11 is 0. The summed E-state index contributed by atoms with van der Waals surface area (Å²) in [7, 11) is 0. The first-order chi connectivity index (χ1) is 9.35. The van der Waals surface area contributed by atoms with Crippen LogP contribution >= 0.6 is 0 Å². The molecule has 3 N–H and O–H groups in total. The number of hydrazine groups is 1. The Hall–Kier alpha value is -1.72. The molecule has 102 valence electrons. The third-order valence-corrected chi connectivity index (χ3v) is 3.21. The first-order valence-electron chi connectivity index (χ1n) is 6.73. The minimum absolute atomic E-state index is 0.0850. The van der Waals surface area contributed by atoms with Gasteiger partial charge in [-0.25, -0.2) is 4.68 Å². The van der Waals surface area contributed by atoms with Gasteiger partial charge >= 0.3 is 0 Å². The van der Waals surface area contributed by atoms with Gasteiger partial charge in [0.1, 0.15) is 0 Å². The number of rotatable bonds is 7. The topological polar surface area (TPSA) is 68.8 Å². The molecular formula is C14H21N5. The lowest BCUT2D eigenvalue weighted by Crippen LogP contribution is -2.30. The lowest BCUT2D eigenvalue weighted by molar-refractivity contribution is 0.455. The highest BCUT2D eigenvalue weighted by Gasteiger charge is 2.15. The summed E-state index contributed by atoms with van der Waals surface area (Å²) in [6.07, 6.45) is 4.74. The predicted molar refractivity (Wildman–Crippen MR) is 75.1 cm³/mol. The van der Waals surface area contributed by atoms with Crippen molar-refractivity contribution in [1.29, 1.82) is 0 Å². The molecular weight excluding hydrogens is 238 g/mol. The third-order valence-electron chi connectivity index (χ3n) is 3.21. The Labute approximate surface area is 113 Å². The van der Waals surface area contributed by atoms with E-state index in [0.29, 0.717) is 0 Å². The van der Waals surface area contributed by atoms with Gasteiger partial charge in [0.2, 0.25) is 0 Å². The standard InChI is InChI=1S/C14H21N5/c1-2-10-19-14(11-16-18-19)13(17-15)9-8-12-6-4-3-5-7-12/h3-7,11,13,17H,2,8-10,15H2,1H3. The van der Waals surface area contributed by atoms with Crippen LogP contribution in [0.4, 0.5) is 0 Å². The van der Waals surface area contributed by atoms with Crippen molar-refractivity contribution in [2.75, 3.05) is 0 Å². The number of hydrogen-bond donors (Lipinski definition) is 2. The molecule has 0 aliphatic rings. The molecule has 19 heavy (non-hydrogen) atoms. The molecule has 0 fully saturated rings. The highest BCUT2D eigenvalue weighted by atomic mass is 15.4. The fourth-order valence-corrected chi connectivity index (χ4v) is 2.19. The van der Waals surface area contributed by atoms with Crippen molar-refractivity contribution >= 4 is 0 Å². The van der Waals surface area contributed by atoms with E-state index >= 15 is 0 Å².